The normalized spacial score (nSPS) is 16.7. The van der Waals surface area contributed by atoms with Crippen LogP contribution in [-0.4, -0.2) is 36.2 Å². The molecule has 1 aromatic rings. The van der Waals surface area contributed by atoms with Gasteiger partial charge in [0.2, 0.25) is 5.82 Å². The summed E-state index contributed by atoms with van der Waals surface area (Å²) in [5.74, 6) is -0.804. The van der Waals surface area contributed by atoms with Gasteiger partial charge in [-0.3, -0.25) is 15.5 Å². The number of hydrazine groups is 1. The lowest BCUT2D eigenvalue weighted by Crippen LogP contribution is -2.45. The van der Waals surface area contributed by atoms with E-state index in [0.29, 0.717) is 25.3 Å². The van der Waals surface area contributed by atoms with Crippen molar-refractivity contribution < 1.29 is 14.1 Å². The average molecular weight is 255 g/mol. The fourth-order valence-electron chi connectivity index (χ4n) is 1.73. The van der Waals surface area contributed by atoms with E-state index >= 15 is 0 Å². The molecule has 0 radical (unpaired) electrons. The predicted octanol–water partition coefficient (Wildman–Crippen LogP) is 1.07. The largest absolute Gasteiger partial charge is 0.379 e. The number of nitrogens with zero attached hydrogens (tertiary/aromatic N) is 2. The number of nitro groups is 1. The van der Waals surface area contributed by atoms with Gasteiger partial charge in [0.05, 0.1) is 18.1 Å². The standard InChI is InChI=1S/C11H14FN3O3/c12-10-7-9(1-2-11(10)15(16)17)8-13-14-3-5-18-6-4-14/h1-2,7,13H,3-6,8H2. The molecule has 98 valence electrons. The third kappa shape index (κ3) is 3.22. The average Bonchev–Trinajstić information content (AvgIpc) is 2.37. The van der Waals surface area contributed by atoms with Crippen LogP contribution in [0.25, 0.3) is 0 Å². The molecule has 0 bridgehead atoms. The maximum absolute atomic E-state index is 13.4. The van der Waals surface area contributed by atoms with E-state index in [1.54, 1.807) is 6.07 Å². The van der Waals surface area contributed by atoms with Gasteiger partial charge < -0.3 is 4.74 Å². The van der Waals surface area contributed by atoms with Crippen LogP contribution in [0.5, 0.6) is 0 Å². The molecule has 6 nitrogen and oxygen atoms in total. The summed E-state index contributed by atoms with van der Waals surface area (Å²) < 4.78 is 18.6. The molecule has 7 heteroatoms. The summed E-state index contributed by atoms with van der Waals surface area (Å²) in [4.78, 5) is 9.74. The topological polar surface area (TPSA) is 67.6 Å². The molecule has 0 aromatic heterocycles. The van der Waals surface area contributed by atoms with Crippen LogP contribution in [0.3, 0.4) is 0 Å². The molecule has 0 aliphatic carbocycles. The van der Waals surface area contributed by atoms with Gasteiger partial charge in [-0.1, -0.05) is 6.07 Å². The summed E-state index contributed by atoms with van der Waals surface area (Å²) in [5, 5.41) is 12.5. The molecule has 2 rings (SSSR count). The van der Waals surface area contributed by atoms with E-state index in [0.717, 1.165) is 13.1 Å². The van der Waals surface area contributed by atoms with Crippen LogP contribution in [0.15, 0.2) is 18.2 Å². The van der Waals surface area contributed by atoms with Crippen molar-refractivity contribution in [3.05, 3.63) is 39.7 Å². The second kappa shape index (κ2) is 5.85. The van der Waals surface area contributed by atoms with Gasteiger partial charge in [-0.25, -0.2) is 5.01 Å². The number of morpholine rings is 1. The predicted molar refractivity (Wildman–Crippen MR) is 62.3 cm³/mol. The molecule has 0 amide bonds. The first-order valence-electron chi connectivity index (χ1n) is 5.66. The van der Waals surface area contributed by atoms with Crippen LogP contribution in [-0.2, 0) is 11.3 Å². The van der Waals surface area contributed by atoms with Crippen molar-refractivity contribution in [3.8, 4) is 0 Å². The molecule has 0 spiro atoms. The van der Waals surface area contributed by atoms with Crippen LogP contribution in [0.2, 0.25) is 0 Å². The molecule has 1 fully saturated rings. The zero-order valence-corrected chi connectivity index (χ0v) is 9.76. The molecule has 0 unspecified atom stereocenters. The lowest BCUT2D eigenvalue weighted by Gasteiger charge is -2.27. The third-order valence-electron chi connectivity index (χ3n) is 2.73. The Morgan fingerprint density at radius 3 is 2.78 bits per heavy atom. The van der Waals surface area contributed by atoms with E-state index in [2.05, 4.69) is 5.43 Å². The smallest absolute Gasteiger partial charge is 0.304 e. The maximum Gasteiger partial charge on any atom is 0.304 e. The lowest BCUT2D eigenvalue weighted by atomic mass is 10.2. The van der Waals surface area contributed by atoms with E-state index in [-0.39, 0.29) is 0 Å². The molecule has 1 saturated heterocycles. The highest BCUT2D eigenvalue weighted by molar-refractivity contribution is 5.34. The Morgan fingerprint density at radius 2 is 2.17 bits per heavy atom. The first kappa shape index (κ1) is 12.9. The Kier molecular flexibility index (Phi) is 4.19. The molecular formula is C11H14FN3O3. The van der Waals surface area contributed by atoms with Crippen molar-refractivity contribution in [3.63, 3.8) is 0 Å². The van der Waals surface area contributed by atoms with E-state index in [1.807, 2.05) is 5.01 Å². The Hall–Kier alpha value is -1.57. The highest BCUT2D eigenvalue weighted by Crippen LogP contribution is 2.17. The van der Waals surface area contributed by atoms with Crippen LogP contribution in [0.4, 0.5) is 10.1 Å². The first-order valence-corrected chi connectivity index (χ1v) is 5.66. The molecule has 0 atom stereocenters. The Bertz CT molecular complexity index is 436. The van der Waals surface area contributed by atoms with E-state index in [1.165, 1.54) is 12.1 Å². The van der Waals surface area contributed by atoms with E-state index in [9.17, 15) is 14.5 Å². The second-order valence-corrected chi connectivity index (χ2v) is 3.98. The quantitative estimate of drug-likeness (QED) is 0.644. The van der Waals surface area contributed by atoms with E-state index in [4.69, 9.17) is 4.74 Å². The van der Waals surface area contributed by atoms with Crippen LogP contribution in [0.1, 0.15) is 5.56 Å². The van der Waals surface area contributed by atoms with Gasteiger partial charge in [-0.15, -0.1) is 0 Å². The fourth-order valence-corrected chi connectivity index (χ4v) is 1.73. The van der Waals surface area contributed by atoms with Gasteiger partial charge in [0.25, 0.3) is 0 Å². The second-order valence-electron chi connectivity index (χ2n) is 3.98. The molecule has 0 saturated carbocycles. The van der Waals surface area contributed by atoms with Crippen molar-refractivity contribution in [1.82, 2.24) is 10.4 Å². The molecule has 1 aliphatic heterocycles. The van der Waals surface area contributed by atoms with Gasteiger partial charge in [0.15, 0.2) is 0 Å². The van der Waals surface area contributed by atoms with Crippen molar-refractivity contribution in [2.45, 2.75) is 6.54 Å². The molecule has 1 aromatic carbocycles. The van der Waals surface area contributed by atoms with Crippen LogP contribution in [0, 0.1) is 15.9 Å². The van der Waals surface area contributed by atoms with Gasteiger partial charge in [0, 0.05) is 25.7 Å². The number of benzene rings is 1. The molecule has 18 heavy (non-hydrogen) atoms. The van der Waals surface area contributed by atoms with Crippen molar-refractivity contribution in [1.29, 1.82) is 0 Å². The van der Waals surface area contributed by atoms with Gasteiger partial charge in [-0.05, 0) is 11.6 Å². The summed E-state index contributed by atoms with van der Waals surface area (Å²) in [7, 11) is 0. The minimum Gasteiger partial charge on any atom is -0.379 e. The molecular weight excluding hydrogens is 241 g/mol. The summed E-state index contributed by atoms with van der Waals surface area (Å²) >= 11 is 0. The molecule has 1 N–H and O–H groups in total. The third-order valence-corrected chi connectivity index (χ3v) is 2.73. The van der Waals surface area contributed by atoms with Gasteiger partial charge in [0.1, 0.15) is 0 Å². The lowest BCUT2D eigenvalue weighted by molar-refractivity contribution is -0.387. The Balaban J connectivity index is 1.93. The Labute approximate surface area is 103 Å². The number of hydrogen-bond acceptors (Lipinski definition) is 5. The van der Waals surface area contributed by atoms with Gasteiger partial charge >= 0.3 is 5.69 Å². The van der Waals surface area contributed by atoms with Gasteiger partial charge in [-0.2, -0.15) is 4.39 Å². The van der Waals surface area contributed by atoms with Crippen LogP contribution < -0.4 is 5.43 Å². The molecule has 1 aliphatic rings. The number of rotatable bonds is 4. The van der Waals surface area contributed by atoms with Crippen LogP contribution >= 0.6 is 0 Å². The number of nitrogens with one attached hydrogen (secondary N) is 1. The maximum atomic E-state index is 13.4. The van der Waals surface area contributed by atoms with Crippen molar-refractivity contribution in [2.75, 3.05) is 26.3 Å². The minimum absolute atomic E-state index is 0.439. The summed E-state index contributed by atoms with van der Waals surface area (Å²) in [6.07, 6.45) is 0. The van der Waals surface area contributed by atoms with Crippen molar-refractivity contribution in [2.24, 2.45) is 0 Å². The minimum atomic E-state index is -0.804. The number of nitro benzene ring substituents is 1. The summed E-state index contributed by atoms with van der Waals surface area (Å²) in [6, 6.07) is 3.92. The summed E-state index contributed by atoms with van der Waals surface area (Å²) in [5.41, 5.74) is 3.31. The highest BCUT2D eigenvalue weighted by atomic mass is 19.1. The number of halogens is 1. The monoisotopic (exact) mass is 255 g/mol. The fraction of sp³-hybridized carbons (Fsp3) is 0.455. The summed E-state index contributed by atoms with van der Waals surface area (Å²) in [6.45, 7) is 3.32. The van der Waals surface area contributed by atoms with Crippen molar-refractivity contribution >= 4 is 5.69 Å². The zero-order chi connectivity index (χ0) is 13.0. The number of ether oxygens (including phenoxy) is 1. The highest BCUT2D eigenvalue weighted by Gasteiger charge is 2.14. The number of hydrogen-bond donors (Lipinski definition) is 1. The zero-order valence-electron chi connectivity index (χ0n) is 9.76. The molecule has 1 heterocycles. The Morgan fingerprint density at radius 1 is 1.44 bits per heavy atom. The first-order chi connectivity index (χ1) is 8.66. The SMILES string of the molecule is O=[N+]([O-])c1ccc(CNN2CCOCC2)cc1F. The van der Waals surface area contributed by atoms with E-state index < -0.39 is 16.4 Å².